The lowest BCUT2D eigenvalue weighted by Gasteiger charge is -2.07. The second kappa shape index (κ2) is 10.0. The van der Waals surface area contributed by atoms with Crippen molar-refractivity contribution in [1.29, 1.82) is 0 Å². The molecule has 0 bridgehead atoms. The van der Waals surface area contributed by atoms with Crippen molar-refractivity contribution < 1.29 is 19.3 Å². The Morgan fingerprint density at radius 2 is 1.38 bits per heavy atom. The van der Waals surface area contributed by atoms with E-state index >= 15 is 0 Å². The van der Waals surface area contributed by atoms with Gasteiger partial charge in [-0.3, -0.25) is 25.2 Å². The van der Waals surface area contributed by atoms with Crippen LogP contribution in [0.25, 0.3) is 0 Å². The molecule has 0 aliphatic rings. The van der Waals surface area contributed by atoms with E-state index in [1.54, 1.807) is 30.5 Å². The molecule has 0 saturated heterocycles. The van der Waals surface area contributed by atoms with Crippen molar-refractivity contribution in [3.63, 3.8) is 0 Å². The van der Waals surface area contributed by atoms with E-state index in [-0.39, 0.29) is 11.4 Å². The first-order valence-corrected chi connectivity index (χ1v) is 10.1. The molecule has 4 rings (SSSR count). The third kappa shape index (κ3) is 5.60. The zero-order valence-electron chi connectivity index (χ0n) is 17.6. The number of para-hydroxylation sites is 1. The molecule has 0 aromatic heterocycles. The highest BCUT2D eigenvalue weighted by Gasteiger charge is 2.21. The van der Waals surface area contributed by atoms with Crippen LogP contribution in [0, 0.1) is 20.2 Å². The molecular formula is C25H17N3O6. The molecule has 0 atom stereocenters. The summed E-state index contributed by atoms with van der Waals surface area (Å²) in [7, 11) is 0. The number of nitro benzene ring substituents is 2. The molecule has 9 heteroatoms. The molecule has 0 aliphatic carbocycles. The predicted molar refractivity (Wildman–Crippen MR) is 126 cm³/mol. The van der Waals surface area contributed by atoms with Gasteiger partial charge >= 0.3 is 5.69 Å². The summed E-state index contributed by atoms with van der Waals surface area (Å²) in [5, 5.41) is 22.2. The lowest BCUT2D eigenvalue weighted by Crippen LogP contribution is -1.96. The number of aliphatic imine (C=N–C) groups is 1. The minimum atomic E-state index is -0.723. The number of hydrogen-bond acceptors (Lipinski definition) is 7. The van der Waals surface area contributed by atoms with Gasteiger partial charge in [-0.2, -0.15) is 0 Å². The van der Waals surface area contributed by atoms with E-state index in [4.69, 9.17) is 9.47 Å². The summed E-state index contributed by atoms with van der Waals surface area (Å²) >= 11 is 0. The molecule has 0 aliphatic heterocycles. The first kappa shape index (κ1) is 22.2. The van der Waals surface area contributed by atoms with Crippen molar-refractivity contribution in [3.05, 3.63) is 123 Å². The van der Waals surface area contributed by atoms with Gasteiger partial charge in [-0.1, -0.05) is 30.3 Å². The van der Waals surface area contributed by atoms with E-state index in [0.29, 0.717) is 22.7 Å². The summed E-state index contributed by atoms with van der Waals surface area (Å²) in [6, 6.07) is 26.7. The van der Waals surface area contributed by atoms with Crippen LogP contribution in [0.2, 0.25) is 0 Å². The molecular weight excluding hydrogens is 438 g/mol. The third-order valence-corrected chi connectivity index (χ3v) is 4.61. The first-order chi connectivity index (χ1) is 16.5. The van der Waals surface area contributed by atoms with Gasteiger partial charge < -0.3 is 9.47 Å². The van der Waals surface area contributed by atoms with Crippen LogP contribution in [0.5, 0.6) is 23.0 Å². The Morgan fingerprint density at radius 3 is 2.09 bits per heavy atom. The maximum absolute atomic E-state index is 11.3. The van der Waals surface area contributed by atoms with E-state index in [0.717, 1.165) is 17.9 Å². The Hall–Kier alpha value is -5.05. The van der Waals surface area contributed by atoms with Crippen molar-refractivity contribution in [3.8, 4) is 23.0 Å². The van der Waals surface area contributed by atoms with Gasteiger partial charge in [0.1, 0.15) is 17.2 Å². The summed E-state index contributed by atoms with van der Waals surface area (Å²) in [6.45, 7) is 0. The normalized spacial score (nSPS) is 10.7. The van der Waals surface area contributed by atoms with E-state index in [1.807, 2.05) is 54.6 Å². The number of rotatable bonds is 8. The van der Waals surface area contributed by atoms with Gasteiger partial charge in [-0.05, 0) is 60.2 Å². The van der Waals surface area contributed by atoms with Gasteiger partial charge in [0, 0.05) is 12.3 Å². The van der Waals surface area contributed by atoms with Crippen molar-refractivity contribution >= 4 is 23.3 Å². The van der Waals surface area contributed by atoms with Crippen molar-refractivity contribution in [2.24, 2.45) is 4.99 Å². The monoisotopic (exact) mass is 455 g/mol. The largest absolute Gasteiger partial charge is 0.457 e. The van der Waals surface area contributed by atoms with Gasteiger partial charge in [0.25, 0.3) is 5.69 Å². The second-order valence-electron chi connectivity index (χ2n) is 7.01. The SMILES string of the molecule is O=[N+]([O-])c1ccc(Oc2cccc(C=Nc3ccc(Oc4ccccc4)cc3)c2)c([N+](=O)[O-])c1. The minimum absolute atomic E-state index is 0.0984. The minimum Gasteiger partial charge on any atom is -0.457 e. The molecule has 0 spiro atoms. The average molecular weight is 455 g/mol. The zero-order chi connectivity index (χ0) is 23.9. The lowest BCUT2D eigenvalue weighted by atomic mass is 10.2. The van der Waals surface area contributed by atoms with Crippen LogP contribution in [-0.4, -0.2) is 16.1 Å². The fourth-order valence-electron chi connectivity index (χ4n) is 3.01. The maximum Gasteiger partial charge on any atom is 0.318 e. The molecule has 0 unspecified atom stereocenters. The summed E-state index contributed by atoms with van der Waals surface area (Å²) in [6.07, 6.45) is 1.63. The highest BCUT2D eigenvalue weighted by molar-refractivity contribution is 5.82. The molecule has 4 aromatic rings. The van der Waals surface area contributed by atoms with Gasteiger partial charge in [0.15, 0.2) is 0 Å². The van der Waals surface area contributed by atoms with Crippen molar-refractivity contribution in [2.75, 3.05) is 0 Å². The fourth-order valence-corrected chi connectivity index (χ4v) is 3.01. The van der Waals surface area contributed by atoms with E-state index in [1.165, 1.54) is 6.07 Å². The van der Waals surface area contributed by atoms with Crippen LogP contribution < -0.4 is 9.47 Å². The Labute approximate surface area is 193 Å². The highest BCUT2D eigenvalue weighted by Crippen LogP contribution is 2.34. The Balaban J connectivity index is 1.47. The fraction of sp³-hybridized carbons (Fsp3) is 0. The number of nitro groups is 2. The number of hydrogen-bond donors (Lipinski definition) is 0. The number of nitrogens with zero attached hydrogens (tertiary/aromatic N) is 3. The van der Waals surface area contributed by atoms with Crippen LogP contribution in [0.3, 0.4) is 0 Å². The number of non-ortho nitro benzene ring substituents is 1. The number of benzene rings is 4. The molecule has 34 heavy (non-hydrogen) atoms. The topological polar surface area (TPSA) is 117 Å². The number of ether oxygens (including phenoxy) is 2. The van der Waals surface area contributed by atoms with E-state index in [2.05, 4.69) is 4.99 Å². The molecule has 0 radical (unpaired) electrons. The molecule has 0 heterocycles. The highest BCUT2D eigenvalue weighted by atomic mass is 16.6. The van der Waals surface area contributed by atoms with Crippen LogP contribution in [0.4, 0.5) is 17.1 Å². The molecule has 0 N–H and O–H groups in total. The summed E-state index contributed by atoms with van der Waals surface area (Å²) in [4.78, 5) is 25.2. The standard InChI is InChI=1S/C25H17N3O6/c29-27(30)20-11-14-25(24(16-20)28(31)32)34-23-8-4-5-18(15-23)17-26-19-9-12-22(13-10-19)33-21-6-2-1-3-7-21/h1-17H. The average Bonchev–Trinajstić information content (AvgIpc) is 2.84. The first-order valence-electron chi connectivity index (χ1n) is 10.1. The summed E-state index contributed by atoms with van der Waals surface area (Å²) in [5.74, 6) is 1.65. The Bertz CT molecular complexity index is 1350. The molecule has 9 nitrogen and oxygen atoms in total. The van der Waals surface area contributed by atoms with Gasteiger partial charge in [0.05, 0.1) is 21.6 Å². The van der Waals surface area contributed by atoms with Crippen molar-refractivity contribution in [1.82, 2.24) is 0 Å². The second-order valence-corrected chi connectivity index (χ2v) is 7.01. The van der Waals surface area contributed by atoms with E-state index in [9.17, 15) is 20.2 Å². The van der Waals surface area contributed by atoms with Crippen molar-refractivity contribution in [2.45, 2.75) is 0 Å². The molecule has 168 valence electrons. The third-order valence-electron chi connectivity index (χ3n) is 4.61. The zero-order valence-corrected chi connectivity index (χ0v) is 17.6. The summed E-state index contributed by atoms with van der Waals surface area (Å²) in [5.41, 5.74) is 0.524. The smallest absolute Gasteiger partial charge is 0.318 e. The summed E-state index contributed by atoms with van der Waals surface area (Å²) < 4.78 is 11.4. The molecule has 0 fully saturated rings. The Morgan fingerprint density at radius 1 is 0.676 bits per heavy atom. The molecule has 0 saturated carbocycles. The quantitative estimate of drug-likeness (QED) is 0.163. The molecule has 0 amide bonds. The molecule has 4 aromatic carbocycles. The van der Waals surface area contributed by atoms with Crippen LogP contribution in [0.1, 0.15) is 5.56 Å². The van der Waals surface area contributed by atoms with E-state index < -0.39 is 15.5 Å². The lowest BCUT2D eigenvalue weighted by molar-refractivity contribution is -0.394. The van der Waals surface area contributed by atoms with Crippen LogP contribution in [0.15, 0.2) is 102 Å². The maximum atomic E-state index is 11.3. The van der Waals surface area contributed by atoms with Gasteiger partial charge in [-0.15, -0.1) is 0 Å². The van der Waals surface area contributed by atoms with Crippen LogP contribution in [-0.2, 0) is 0 Å². The van der Waals surface area contributed by atoms with Crippen LogP contribution >= 0.6 is 0 Å². The predicted octanol–water partition coefficient (Wildman–Crippen LogP) is 6.84. The Kier molecular flexibility index (Phi) is 6.55. The van der Waals surface area contributed by atoms with Gasteiger partial charge in [-0.25, -0.2) is 0 Å². The van der Waals surface area contributed by atoms with Gasteiger partial charge in [0.2, 0.25) is 5.75 Å².